The monoisotopic (exact) mass is 297 g/mol. The number of imidazole rings is 1. The van der Waals surface area contributed by atoms with E-state index in [-0.39, 0.29) is 11.9 Å². The SMILES string of the molecule is N[C@H]1CC[C@@H](c2nc3cc(Br)c(F)cc3[nH]2)C1. The number of benzene rings is 1. The standard InChI is InChI=1S/C12H13BrFN3/c13-8-4-10-11(5-9(8)14)17-12(16-10)6-1-2-7(15)3-6/h4-7H,1-3,15H2,(H,16,17)/t6-,7+/m1/s1. The van der Waals surface area contributed by atoms with Gasteiger partial charge in [0, 0.05) is 18.0 Å². The summed E-state index contributed by atoms with van der Waals surface area (Å²) < 4.78 is 13.8. The number of aromatic nitrogens is 2. The number of H-pyrrole nitrogens is 1. The summed E-state index contributed by atoms with van der Waals surface area (Å²) in [5, 5.41) is 0. The maximum absolute atomic E-state index is 13.4. The Bertz CT molecular complexity index is 527. The summed E-state index contributed by atoms with van der Waals surface area (Å²) in [6, 6.07) is 3.46. The fourth-order valence-corrected chi connectivity index (χ4v) is 2.81. The minimum Gasteiger partial charge on any atom is -0.342 e. The molecule has 5 heteroatoms. The average Bonchev–Trinajstić information content (AvgIpc) is 2.85. The zero-order chi connectivity index (χ0) is 12.0. The number of hydrogen-bond donors (Lipinski definition) is 2. The van der Waals surface area contributed by atoms with Gasteiger partial charge in [0.05, 0.1) is 15.5 Å². The molecule has 2 atom stereocenters. The molecule has 17 heavy (non-hydrogen) atoms. The molecule has 90 valence electrons. The molecule has 0 spiro atoms. The van der Waals surface area contributed by atoms with E-state index in [2.05, 4.69) is 25.9 Å². The van der Waals surface area contributed by atoms with Crippen LogP contribution in [-0.4, -0.2) is 16.0 Å². The second-order valence-corrected chi connectivity index (χ2v) is 5.53. The largest absolute Gasteiger partial charge is 0.342 e. The fraction of sp³-hybridized carbons (Fsp3) is 0.417. The fourth-order valence-electron chi connectivity index (χ4n) is 2.48. The first-order valence-electron chi connectivity index (χ1n) is 5.73. The van der Waals surface area contributed by atoms with Crippen LogP contribution < -0.4 is 5.73 Å². The van der Waals surface area contributed by atoms with E-state index in [4.69, 9.17) is 5.73 Å². The number of fused-ring (bicyclic) bond motifs is 1. The van der Waals surface area contributed by atoms with E-state index in [1.54, 1.807) is 6.07 Å². The lowest BCUT2D eigenvalue weighted by Gasteiger charge is -2.04. The summed E-state index contributed by atoms with van der Waals surface area (Å²) in [5.41, 5.74) is 7.45. The Kier molecular flexibility index (Phi) is 2.67. The van der Waals surface area contributed by atoms with Crippen molar-refractivity contribution < 1.29 is 4.39 Å². The molecule has 2 aromatic rings. The number of rotatable bonds is 1. The Labute approximate surface area is 107 Å². The Balaban J connectivity index is 2.02. The first-order chi connectivity index (χ1) is 8.13. The number of nitrogens with two attached hydrogens (primary N) is 1. The maximum atomic E-state index is 13.4. The van der Waals surface area contributed by atoms with Gasteiger partial charge >= 0.3 is 0 Å². The molecular weight excluding hydrogens is 285 g/mol. The molecule has 0 saturated heterocycles. The van der Waals surface area contributed by atoms with E-state index in [9.17, 15) is 4.39 Å². The highest BCUT2D eigenvalue weighted by atomic mass is 79.9. The third-order valence-corrected chi connectivity index (χ3v) is 4.01. The molecule has 3 N–H and O–H groups in total. The Hall–Kier alpha value is -0.940. The molecule has 1 aliphatic carbocycles. The summed E-state index contributed by atoms with van der Waals surface area (Å²) in [6.07, 6.45) is 3.06. The van der Waals surface area contributed by atoms with Crippen LogP contribution in [0.2, 0.25) is 0 Å². The van der Waals surface area contributed by atoms with Gasteiger partial charge in [-0.15, -0.1) is 0 Å². The second kappa shape index (κ2) is 4.07. The number of nitrogens with one attached hydrogen (secondary N) is 1. The molecule has 0 amide bonds. The number of aromatic amines is 1. The van der Waals surface area contributed by atoms with Gasteiger partial charge in [0.2, 0.25) is 0 Å². The number of hydrogen-bond acceptors (Lipinski definition) is 2. The van der Waals surface area contributed by atoms with Gasteiger partial charge in [-0.05, 0) is 41.3 Å². The molecule has 1 heterocycles. The first-order valence-corrected chi connectivity index (χ1v) is 6.53. The summed E-state index contributed by atoms with van der Waals surface area (Å²) in [4.78, 5) is 7.72. The topological polar surface area (TPSA) is 54.7 Å². The van der Waals surface area contributed by atoms with Crippen LogP contribution in [0.4, 0.5) is 4.39 Å². The van der Waals surface area contributed by atoms with Crippen molar-refractivity contribution in [3.63, 3.8) is 0 Å². The molecule has 1 fully saturated rings. The Morgan fingerprint density at radius 3 is 2.94 bits per heavy atom. The van der Waals surface area contributed by atoms with E-state index in [1.165, 1.54) is 6.07 Å². The molecule has 3 nitrogen and oxygen atoms in total. The van der Waals surface area contributed by atoms with Crippen LogP contribution in [0, 0.1) is 5.82 Å². The van der Waals surface area contributed by atoms with E-state index in [1.807, 2.05) is 0 Å². The van der Waals surface area contributed by atoms with Crippen molar-refractivity contribution in [1.82, 2.24) is 9.97 Å². The average molecular weight is 298 g/mol. The van der Waals surface area contributed by atoms with Crippen LogP contribution in [0.3, 0.4) is 0 Å². The van der Waals surface area contributed by atoms with E-state index >= 15 is 0 Å². The second-order valence-electron chi connectivity index (χ2n) is 4.68. The van der Waals surface area contributed by atoms with Gasteiger partial charge in [0.15, 0.2) is 0 Å². The van der Waals surface area contributed by atoms with Gasteiger partial charge in [-0.2, -0.15) is 0 Å². The highest BCUT2D eigenvalue weighted by molar-refractivity contribution is 9.10. The molecule has 0 radical (unpaired) electrons. The molecule has 0 bridgehead atoms. The lowest BCUT2D eigenvalue weighted by Crippen LogP contribution is -2.14. The molecule has 1 aromatic heterocycles. The highest BCUT2D eigenvalue weighted by Gasteiger charge is 2.25. The van der Waals surface area contributed by atoms with Gasteiger partial charge in [0.1, 0.15) is 11.6 Å². The van der Waals surface area contributed by atoms with Crippen LogP contribution in [0.5, 0.6) is 0 Å². The number of halogens is 2. The first kappa shape index (κ1) is 11.2. The number of nitrogens with zero attached hydrogens (tertiary/aromatic N) is 1. The lowest BCUT2D eigenvalue weighted by atomic mass is 10.1. The van der Waals surface area contributed by atoms with E-state index < -0.39 is 0 Å². The van der Waals surface area contributed by atoms with Crippen LogP contribution in [-0.2, 0) is 0 Å². The zero-order valence-corrected chi connectivity index (χ0v) is 10.8. The summed E-state index contributed by atoms with van der Waals surface area (Å²) >= 11 is 3.17. The van der Waals surface area contributed by atoms with E-state index in [0.29, 0.717) is 10.4 Å². The van der Waals surface area contributed by atoms with Gasteiger partial charge < -0.3 is 10.7 Å². The molecule has 1 saturated carbocycles. The molecule has 1 aliphatic rings. The predicted molar refractivity (Wildman–Crippen MR) is 68.3 cm³/mol. The molecule has 3 rings (SSSR count). The maximum Gasteiger partial charge on any atom is 0.139 e. The molecular formula is C12H13BrFN3. The van der Waals surface area contributed by atoms with Crippen molar-refractivity contribution in [1.29, 1.82) is 0 Å². The van der Waals surface area contributed by atoms with Gasteiger partial charge in [0.25, 0.3) is 0 Å². The lowest BCUT2D eigenvalue weighted by molar-refractivity contribution is 0.622. The third kappa shape index (κ3) is 1.98. The van der Waals surface area contributed by atoms with Gasteiger partial charge in [-0.3, -0.25) is 0 Å². The van der Waals surface area contributed by atoms with Crippen LogP contribution in [0.25, 0.3) is 11.0 Å². The van der Waals surface area contributed by atoms with Crippen molar-refractivity contribution >= 4 is 27.0 Å². The molecule has 0 unspecified atom stereocenters. The van der Waals surface area contributed by atoms with Crippen molar-refractivity contribution in [3.8, 4) is 0 Å². The van der Waals surface area contributed by atoms with Crippen molar-refractivity contribution in [2.45, 2.75) is 31.2 Å². The smallest absolute Gasteiger partial charge is 0.139 e. The summed E-state index contributed by atoms with van der Waals surface area (Å²) in [6.45, 7) is 0. The van der Waals surface area contributed by atoms with Crippen LogP contribution in [0.15, 0.2) is 16.6 Å². The zero-order valence-electron chi connectivity index (χ0n) is 9.21. The highest BCUT2D eigenvalue weighted by Crippen LogP contribution is 2.33. The van der Waals surface area contributed by atoms with Gasteiger partial charge in [-0.25, -0.2) is 9.37 Å². The molecule has 0 aliphatic heterocycles. The van der Waals surface area contributed by atoms with Crippen molar-refractivity contribution in [2.75, 3.05) is 0 Å². The quantitative estimate of drug-likeness (QED) is 0.850. The Morgan fingerprint density at radius 1 is 1.41 bits per heavy atom. The van der Waals surface area contributed by atoms with Crippen LogP contribution >= 0.6 is 15.9 Å². The summed E-state index contributed by atoms with van der Waals surface area (Å²) in [5.74, 6) is 1.06. The summed E-state index contributed by atoms with van der Waals surface area (Å²) in [7, 11) is 0. The third-order valence-electron chi connectivity index (χ3n) is 3.40. The van der Waals surface area contributed by atoms with Gasteiger partial charge in [-0.1, -0.05) is 0 Å². The molecule has 1 aromatic carbocycles. The van der Waals surface area contributed by atoms with Crippen molar-refractivity contribution in [2.24, 2.45) is 5.73 Å². The predicted octanol–water partition coefficient (Wildman–Crippen LogP) is 3.06. The normalized spacial score (nSPS) is 24.6. The minimum atomic E-state index is -0.268. The minimum absolute atomic E-state index is 0.268. The van der Waals surface area contributed by atoms with E-state index in [0.717, 1.165) is 36.1 Å². The van der Waals surface area contributed by atoms with Crippen molar-refractivity contribution in [3.05, 3.63) is 28.2 Å². The van der Waals surface area contributed by atoms with Crippen LogP contribution in [0.1, 0.15) is 31.0 Å². The Morgan fingerprint density at radius 2 is 2.24 bits per heavy atom.